The van der Waals surface area contributed by atoms with E-state index in [0.29, 0.717) is 4.90 Å². The van der Waals surface area contributed by atoms with E-state index in [1.807, 2.05) is 0 Å². The molecule has 0 spiro atoms. The lowest BCUT2D eigenvalue weighted by Gasteiger charge is -2.26. The maximum Gasteiger partial charge on any atom is 0.415 e. The first-order valence-electron chi connectivity index (χ1n) is 3.69. The van der Waals surface area contributed by atoms with Crippen LogP contribution in [0.3, 0.4) is 0 Å². The highest BCUT2D eigenvalue weighted by Crippen LogP contribution is 2.30. The molecule has 1 unspecified atom stereocenters. The monoisotopic (exact) mass is 187 g/mol. The van der Waals surface area contributed by atoms with Gasteiger partial charge in [-0.3, -0.25) is 4.79 Å². The van der Waals surface area contributed by atoms with Gasteiger partial charge in [0.1, 0.15) is 5.54 Å². The molecule has 13 heavy (non-hydrogen) atoms. The third kappa shape index (κ3) is 1.24. The molecular formula is C7H9NO5. The van der Waals surface area contributed by atoms with E-state index in [2.05, 4.69) is 0 Å². The van der Waals surface area contributed by atoms with E-state index in [1.165, 1.54) is 6.92 Å². The van der Waals surface area contributed by atoms with Gasteiger partial charge in [0.05, 0.1) is 0 Å². The second kappa shape index (κ2) is 2.72. The van der Waals surface area contributed by atoms with E-state index in [9.17, 15) is 14.4 Å². The molecule has 2 N–H and O–H groups in total. The number of hydrogen-bond acceptors (Lipinski definition) is 3. The van der Waals surface area contributed by atoms with Crippen LogP contribution < -0.4 is 0 Å². The van der Waals surface area contributed by atoms with Crippen molar-refractivity contribution in [1.29, 1.82) is 0 Å². The Morgan fingerprint density at radius 3 is 2.31 bits per heavy atom. The van der Waals surface area contributed by atoms with Gasteiger partial charge in [0.2, 0.25) is 5.91 Å². The minimum absolute atomic E-state index is 0.0326. The molecule has 0 saturated carbocycles. The van der Waals surface area contributed by atoms with Crippen molar-refractivity contribution >= 4 is 18.0 Å². The second-order valence-corrected chi connectivity index (χ2v) is 3.09. The van der Waals surface area contributed by atoms with Crippen molar-refractivity contribution in [1.82, 2.24) is 4.90 Å². The molecule has 1 rings (SSSR count). The van der Waals surface area contributed by atoms with Gasteiger partial charge in [-0.05, 0) is 13.3 Å². The third-order valence-electron chi connectivity index (χ3n) is 2.22. The number of carbonyl (C=O) groups excluding carboxylic acids is 1. The van der Waals surface area contributed by atoms with Crippen LogP contribution in [0.2, 0.25) is 0 Å². The van der Waals surface area contributed by atoms with E-state index in [4.69, 9.17) is 10.2 Å². The zero-order chi connectivity index (χ0) is 10.2. The van der Waals surface area contributed by atoms with Gasteiger partial charge >= 0.3 is 12.1 Å². The molecule has 1 fully saturated rings. The number of rotatable bonds is 1. The number of hydrogen-bond donors (Lipinski definition) is 2. The van der Waals surface area contributed by atoms with Crippen LogP contribution in [0.1, 0.15) is 19.8 Å². The van der Waals surface area contributed by atoms with Crippen molar-refractivity contribution in [3.8, 4) is 0 Å². The lowest BCUT2D eigenvalue weighted by Crippen LogP contribution is -2.51. The average molecular weight is 187 g/mol. The predicted molar refractivity (Wildman–Crippen MR) is 40.1 cm³/mol. The standard InChI is InChI=1S/C7H9NO5/c1-7(5(10)11)3-2-4(9)8(7)6(12)13/h2-3H2,1H3,(H,10,11)(H,12,13). The highest BCUT2D eigenvalue weighted by Gasteiger charge is 2.51. The number of imide groups is 1. The van der Waals surface area contributed by atoms with Crippen LogP contribution in [0.5, 0.6) is 0 Å². The van der Waals surface area contributed by atoms with Crippen molar-refractivity contribution in [2.24, 2.45) is 0 Å². The summed E-state index contributed by atoms with van der Waals surface area (Å²) in [6, 6.07) is 0. The van der Waals surface area contributed by atoms with Crippen LogP contribution in [0.25, 0.3) is 0 Å². The number of aliphatic carboxylic acids is 1. The van der Waals surface area contributed by atoms with E-state index in [1.54, 1.807) is 0 Å². The second-order valence-electron chi connectivity index (χ2n) is 3.09. The van der Waals surface area contributed by atoms with Crippen LogP contribution in [-0.4, -0.2) is 38.6 Å². The molecule has 0 aromatic carbocycles. The summed E-state index contributed by atoms with van der Waals surface area (Å²) >= 11 is 0. The Morgan fingerprint density at radius 1 is 1.46 bits per heavy atom. The van der Waals surface area contributed by atoms with Crippen molar-refractivity contribution in [3.05, 3.63) is 0 Å². The minimum atomic E-state index is -1.59. The summed E-state index contributed by atoms with van der Waals surface area (Å²) < 4.78 is 0. The molecule has 1 aliphatic heterocycles. The molecule has 2 amide bonds. The number of carboxylic acids is 1. The van der Waals surface area contributed by atoms with E-state index in [0.717, 1.165) is 0 Å². The number of nitrogens with zero attached hydrogens (tertiary/aromatic N) is 1. The molecule has 0 bridgehead atoms. The quantitative estimate of drug-likeness (QED) is 0.608. The number of likely N-dealkylation sites (tertiary alicyclic amines) is 1. The number of carbonyl (C=O) groups is 3. The van der Waals surface area contributed by atoms with Crippen molar-refractivity contribution in [3.63, 3.8) is 0 Å². The Bertz CT molecular complexity index is 287. The van der Waals surface area contributed by atoms with E-state index >= 15 is 0 Å². The van der Waals surface area contributed by atoms with Crippen LogP contribution in [0.4, 0.5) is 4.79 Å². The Kier molecular flexibility index (Phi) is 1.99. The lowest BCUT2D eigenvalue weighted by molar-refractivity contribution is -0.151. The normalized spacial score (nSPS) is 27.8. The predicted octanol–water partition coefficient (Wildman–Crippen LogP) is 0.130. The molecule has 1 heterocycles. The van der Waals surface area contributed by atoms with Crippen LogP contribution >= 0.6 is 0 Å². The fourth-order valence-corrected chi connectivity index (χ4v) is 1.37. The van der Waals surface area contributed by atoms with Gasteiger partial charge in [0, 0.05) is 6.42 Å². The van der Waals surface area contributed by atoms with Gasteiger partial charge in [-0.2, -0.15) is 0 Å². The summed E-state index contributed by atoms with van der Waals surface area (Å²) in [5.74, 6) is -1.95. The van der Waals surface area contributed by atoms with Gasteiger partial charge in [-0.15, -0.1) is 0 Å². The zero-order valence-corrected chi connectivity index (χ0v) is 6.98. The first kappa shape index (κ1) is 9.50. The maximum absolute atomic E-state index is 11.0. The van der Waals surface area contributed by atoms with Crippen LogP contribution in [0, 0.1) is 0 Å². The Labute approximate surface area is 73.8 Å². The molecule has 0 aromatic rings. The Hall–Kier alpha value is -1.59. The molecule has 0 aromatic heterocycles. The van der Waals surface area contributed by atoms with Gasteiger partial charge in [-0.25, -0.2) is 14.5 Å². The fraction of sp³-hybridized carbons (Fsp3) is 0.571. The summed E-state index contributed by atoms with van der Waals surface area (Å²) in [6.07, 6.45) is -1.50. The maximum atomic E-state index is 11.0. The van der Waals surface area contributed by atoms with Crippen LogP contribution in [0.15, 0.2) is 0 Å². The summed E-state index contributed by atoms with van der Waals surface area (Å²) in [6.45, 7) is 1.23. The summed E-state index contributed by atoms with van der Waals surface area (Å²) in [7, 11) is 0. The van der Waals surface area contributed by atoms with Crippen molar-refractivity contribution in [2.75, 3.05) is 0 Å². The molecule has 6 heteroatoms. The molecular weight excluding hydrogens is 178 g/mol. The summed E-state index contributed by atoms with van der Waals surface area (Å²) in [5, 5.41) is 17.4. The largest absolute Gasteiger partial charge is 0.479 e. The molecule has 1 aliphatic rings. The third-order valence-corrected chi connectivity index (χ3v) is 2.22. The Morgan fingerprint density at radius 2 is 2.00 bits per heavy atom. The van der Waals surface area contributed by atoms with Crippen LogP contribution in [-0.2, 0) is 9.59 Å². The summed E-state index contributed by atoms with van der Waals surface area (Å²) in [4.78, 5) is 32.7. The highest BCUT2D eigenvalue weighted by molar-refractivity contribution is 6.00. The van der Waals surface area contributed by atoms with E-state index < -0.39 is 23.5 Å². The molecule has 1 atom stereocenters. The molecule has 0 aliphatic carbocycles. The molecule has 6 nitrogen and oxygen atoms in total. The summed E-state index contributed by atoms with van der Waals surface area (Å²) in [5.41, 5.74) is -1.59. The number of carboxylic acid groups (broad SMARTS) is 2. The van der Waals surface area contributed by atoms with Gasteiger partial charge in [0.25, 0.3) is 0 Å². The first-order chi connectivity index (χ1) is 5.89. The first-order valence-corrected chi connectivity index (χ1v) is 3.69. The molecule has 0 radical (unpaired) electrons. The average Bonchev–Trinajstić information content (AvgIpc) is 2.28. The zero-order valence-electron chi connectivity index (χ0n) is 6.98. The molecule has 1 saturated heterocycles. The smallest absolute Gasteiger partial charge is 0.415 e. The lowest BCUT2D eigenvalue weighted by atomic mass is 10.00. The van der Waals surface area contributed by atoms with Gasteiger partial charge in [0.15, 0.2) is 0 Å². The topological polar surface area (TPSA) is 94.9 Å². The van der Waals surface area contributed by atoms with Gasteiger partial charge in [-0.1, -0.05) is 0 Å². The van der Waals surface area contributed by atoms with Gasteiger partial charge < -0.3 is 10.2 Å². The minimum Gasteiger partial charge on any atom is -0.479 e. The number of amides is 2. The van der Waals surface area contributed by atoms with Crippen molar-refractivity contribution in [2.45, 2.75) is 25.3 Å². The SMILES string of the molecule is CC1(C(=O)O)CCC(=O)N1C(=O)O. The van der Waals surface area contributed by atoms with Crippen molar-refractivity contribution < 1.29 is 24.6 Å². The van der Waals surface area contributed by atoms with E-state index in [-0.39, 0.29) is 12.8 Å². The fourth-order valence-electron chi connectivity index (χ4n) is 1.37. The molecule has 72 valence electrons. The Balaban J connectivity index is 3.06. The highest BCUT2D eigenvalue weighted by atomic mass is 16.4.